The number of anilines is 1. The van der Waals surface area contributed by atoms with Crippen LogP contribution in [0.5, 0.6) is 0 Å². The lowest BCUT2D eigenvalue weighted by atomic mass is 9.98. The van der Waals surface area contributed by atoms with Crippen molar-refractivity contribution in [3.05, 3.63) is 52.0 Å². The van der Waals surface area contributed by atoms with Gasteiger partial charge in [-0.25, -0.2) is 4.39 Å². The van der Waals surface area contributed by atoms with Crippen LogP contribution in [0, 0.1) is 0 Å². The van der Waals surface area contributed by atoms with Crippen molar-refractivity contribution in [2.24, 2.45) is 0 Å². The lowest BCUT2D eigenvalue weighted by molar-refractivity contribution is 0.189. The molecule has 1 fully saturated rings. The fourth-order valence-electron chi connectivity index (χ4n) is 3.51. The summed E-state index contributed by atoms with van der Waals surface area (Å²) in [6.07, 6.45) is -0.746. The van der Waals surface area contributed by atoms with Crippen molar-refractivity contribution >= 4 is 28.9 Å². The van der Waals surface area contributed by atoms with Gasteiger partial charge in [0, 0.05) is 60.1 Å². The number of aliphatic hydroxyl groups is 1. The van der Waals surface area contributed by atoms with Gasteiger partial charge in [0.05, 0.1) is 11.6 Å². The van der Waals surface area contributed by atoms with Gasteiger partial charge >= 0.3 is 0 Å². The minimum Gasteiger partial charge on any atom is -0.395 e. The van der Waals surface area contributed by atoms with E-state index in [0.717, 1.165) is 43.0 Å². The predicted octanol–water partition coefficient (Wildman–Crippen LogP) is 5.20. The molecule has 3 nitrogen and oxygen atoms in total. The molecule has 0 spiro atoms. The molecule has 2 aromatic rings. The van der Waals surface area contributed by atoms with Gasteiger partial charge in [0.1, 0.15) is 6.17 Å². The number of alkyl halides is 1. The molecule has 1 unspecified atom stereocenters. The van der Waals surface area contributed by atoms with E-state index < -0.39 is 6.17 Å². The molecule has 1 saturated heterocycles. The molecule has 27 heavy (non-hydrogen) atoms. The Morgan fingerprint density at radius 1 is 1.07 bits per heavy atom. The number of halogens is 3. The fourth-order valence-corrected chi connectivity index (χ4v) is 4.08. The third kappa shape index (κ3) is 4.57. The van der Waals surface area contributed by atoms with E-state index in [4.69, 9.17) is 28.3 Å². The minimum absolute atomic E-state index is 0.168. The van der Waals surface area contributed by atoms with Gasteiger partial charge in [0.25, 0.3) is 0 Å². The molecule has 2 aromatic carbocycles. The molecule has 0 bridgehead atoms. The van der Waals surface area contributed by atoms with Gasteiger partial charge in [0.2, 0.25) is 0 Å². The van der Waals surface area contributed by atoms with E-state index in [2.05, 4.69) is 9.80 Å². The standard InChI is InChI=1S/C21H25Cl2FN2O/c1-2-20(24)18-14-15(26-9-7-25(8-10-26)11-12-27)13-17(21(18)23)16-5-3-4-6-19(16)22/h3-6,13-14,20,27H,2,7-12H2,1H3. The lowest BCUT2D eigenvalue weighted by Crippen LogP contribution is -2.47. The average Bonchev–Trinajstić information content (AvgIpc) is 2.69. The Morgan fingerprint density at radius 2 is 1.78 bits per heavy atom. The highest BCUT2D eigenvalue weighted by atomic mass is 35.5. The zero-order valence-electron chi connectivity index (χ0n) is 15.5. The van der Waals surface area contributed by atoms with Gasteiger partial charge in [-0.3, -0.25) is 4.90 Å². The smallest absolute Gasteiger partial charge is 0.126 e. The molecule has 1 aliphatic rings. The van der Waals surface area contributed by atoms with Crippen molar-refractivity contribution < 1.29 is 9.50 Å². The number of piperazine rings is 1. The Balaban J connectivity index is 2.00. The number of benzene rings is 2. The molecular weight excluding hydrogens is 386 g/mol. The van der Waals surface area contributed by atoms with Crippen LogP contribution in [-0.2, 0) is 0 Å². The first-order valence-corrected chi connectivity index (χ1v) is 10.1. The Bertz CT molecular complexity index is 779. The van der Waals surface area contributed by atoms with Crippen LogP contribution in [0.1, 0.15) is 25.1 Å². The van der Waals surface area contributed by atoms with E-state index in [1.54, 1.807) is 0 Å². The Labute approximate surface area is 170 Å². The summed E-state index contributed by atoms with van der Waals surface area (Å²) in [5, 5.41) is 10.2. The van der Waals surface area contributed by atoms with Crippen LogP contribution in [0.4, 0.5) is 10.1 Å². The fraction of sp³-hybridized carbons (Fsp3) is 0.429. The number of aliphatic hydroxyl groups excluding tert-OH is 1. The van der Waals surface area contributed by atoms with Gasteiger partial charge in [-0.1, -0.05) is 48.3 Å². The van der Waals surface area contributed by atoms with Crippen molar-refractivity contribution in [2.45, 2.75) is 19.5 Å². The molecule has 3 rings (SSSR count). The van der Waals surface area contributed by atoms with E-state index in [9.17, 15) is 4.39 Å². The van der Waals surface area contributed by atoms with Crippen molar-refractivity contribution in [2.75, 3.05) is 44.2 Å². The molecule has 6 heteroatoms. The Hall–Kier alpha value is -1.33. The number of hydrogen-bond donors (Lipinski definition) is 1. The van der Waals surface area contributed by atoms with Gasteiger partial charge < -0.3 is 10.0 Å². The molecule has 0 saturated carbocycles. The molecule has 146 valence electrons. The number of nitrogens with zero attached hydrogens (tertiary/aromatic N) is 2. The van der Waals surface area contributed by atoms with E-state index in [1.807, 2.05) is 43.3 Å². The largest absolute Gasteiger partial charge is 0.395 e. The third-order valence-corrected chi connectivity index (χ3v) is 5.85. The summed E-state index contributed by atoms with van der Waals surface area (Å²) >= 11 is 13.0. The Kier molecular flexibility index (Phi) is 6.99. The first kappa shape index (κ1) is 20.4. The highest BCUT2D eigenvalue weighted by molar-refractivity contribution is 6.37. The van der Waals surface area contributed by atoms with Crippen molar-refractivity contribution in [1.82, 2.24) is 4.90 Å². The zero-order chi connectivity index (χ0) is 19.4. The van der Waals surface area contributed by atoms with Gasteiger partial charge in [0.15, 0.2) is 0 Å². The molecule has 0 radical (unpaired) electrons. The SMILES string of the molecule is CCC(F)c1cc(N2CCN(CCO)CC2)cc(-c2ccccc2Cl)c1Cl. The minimum atomic E-state index is -1.12. The summed E-state index contributed by atoms with van der Waals surface area (Å²) in [4.78, 5) is 4.47. The normalized spacial score (nSPS) is 16.6. The monoisotopic (exact) mass is 410 g/mol. The van der Waals surface area contributed by atoms with Crippen LogP contribution >= 0.6 is 23.2 Å². The summed E-state index contributed by atoms with van der Waals surface area (Å²) in [5.74, 6) is 0. The topological polar surface area (TPSA) is 26.7 Å². The second kappa shape index (κ2) is 9.24. The highest BCUT2D eigenvalue weighted by Gasteiger charge is 2.22. The molecule has 0 aromatic heterocycles. The van der Waals surface area contributed by atoms with Crippen LogP contribution in [0.25, 0.3) is 11.1 Å². The van der Waals surface area contributed by atoms with Crippen molar-refractivity contribution in [3.63, 3.8) is 0 Å². The van der Waals surface area contributed by atoms with Gasteiger partial charge in [-0.05, 0) is 24.6 Å². The summed E-state index contributed by atoms with van der Waals surface area (Å²) in [7, 11) is 0. The molecule has 1 atom stereocenters. The maximum absolute atomic E-state index is 14.7. The van der Waals surface area contributed by atoms with Crippen LogP contribution in [0.3, 0.4) is 0 Å². The van der Waals surface area contributed by atoms with Crippen LogP contribution in [-0.4, -0.2) is 49.3 Å². The van der Waals surface area contributed by atoms with E-state index in [0.29, 0.717) is 28.6 Å². The summed E-state index contributed by atoms with van der Waals surface area (Å²) in [6, 6.07) is 11.4. The maximum atomic E-state index is 14.7. The van der Waals surface area contributed by atoms with Crippen molar-refractivity contribution in [3.8, 4) is 11.1 Å². The molecule has 1 heterocycles. The average molecular weight is 411 g/mol. The van der Waals surface area contributed by atoms with Gasteiger partial charge in [-0.2, -0.15) is 0 Å². The summed E-state index contributed by atoms with van der Waals surface area (Å²) in [5.41, 5.74) is 3.06. The van der Waals surface area contributed by atoms with E-state index >= 15 is 0 Å². The molecule has 1 N–H and O–H groups in total. The first-order valence-electron chi connectivity index (χ1n) is 9.35. The second-order valence-electron chi connectivity index (χ2n) is 6.80. The Morgan fingerprint density at radius 3 is 2.41 bits per heavy atom. The van der Waals surface area contributed by atoms with Crippen molar-refractivity contribution in [1.29, 1.82) is 0 Å². The molecule has 1 aliphatic heterocycles. The number of hydrogen-bond acceptors (Lipinski definition) is 3. The third-order valence-electron chi connectivity index (χ3n) is 5.10. The van der Waals surface area contributed by atoms with Gasteiger partial charge in [-0.15, -0.1) is 0 Å². The van der Waals surface area contributed by atoms with Crippen LogP contribution < -0.4 is 4.90 Å². The van der Waals surface area contributed by atoms with E-state index in [-0.39, 0.29) is 6.61 Å². The lowest BCUT2D eigenvalue weighted by Gasteiger charge is -2.36. The van der Waals surface area contributed by atoms with Crippen LogP contribution in [0.2, 0.25) is 10.0 Å². The second-order valence-corrected chi connectivity index (χ2v) is 7.59. The zero-order valence-corrected chi connectivity index (χ0v) is 17.0. The van der Waals surface area contributed by atoms with E-state index in [1.165, 1.54) is 0 Å². The highest BCUT2D eigenvalue weighted by Crippen LogP contribution is 2.41. The quantitative estimate of drug-likeness (QED) is 0.708. The first-order chi connectivity index (χ1) is 13.0. The number of rotatable bonds is 6. The predicted molar refractivity (Wildman–Crippen MR) is 112 cm³/mol. The molecule has 0 aliphatic carbocycles. The maximum Gasteiger partial charge on any atom is 0.126 e. The molecular formula is C21H25Cl2FN2O. The summed E-state index contributed by atoms with van der Waals surface area (Å²) < 4.78 is 14.7. The number of β-amino-alcohol motifs (C(OH)–C–C–N with tert-alkyl or cyclic N) is 1. The summed E-state index contributed by atoms with van der Waals surface area (Å²) in [6.45, 7) is 6.06. The van der Waals surface area contributed by atoms with Crippen LogP contribution in [0.15, 0.2) is 36.4 Å². The molecule has 0 amide bonds.